The summed E-state index contributed by atoms with van der Waals surface area (Å²) in [6, 6.07) is 6.12. The van der Waals surface area contributed by atoms with Crippen LogP contribution >= 0.6 is 0 Å². The van der Waals surface area contributed by atoms with Gasteiger partial charge in [-0.3, -0.25) is 10.6 Å². The van der Waals surface area contributed by atoms with Gasteiger partial charge in [-0.2, -0.15) is 0 Å². The minimum absolute atomic E-state index is 0.183. The maximum absolute atomic E-state index is 11.6. The normalized spacial score (nSPS) is 14.8. The van der Waals surface area contributed by atoms with Crippen LogP contribution in [0.15, 0.2) is 18.2 Å². The van der Waals surface area contributed by atoms with Gasteiger partial charge in [-0.05, 0) is 30.2 Å². The van der Waals surface area contributed by atoms with Gasteiger partial charge in [0.2, 0.25) is 5.91 Å². The maximum atomic E-state index is 11.6. The van der Waals surface area contributed by atoms with Crippen LogP contribution in [0, 0.1) is 0 Å². The number of nitrogens with zero attached hydrogens (tertiary/aromatic N) is 2. The molecule has 0 radical (unpaired) electrons. The number of carbonyl (C=O) groups excluding carboxylic acids is 1. The van der Waals surface area contributed by atoms with E-state index in [2.05, 4.69) is 11.5 Å². The summed E-state index contributed by atoms with van der Waals surface area (Å²) in [7, 11) is 3.80. The lowest BCUT2D eigenvalue weighted by Gasteiger charge is -2.27. The van der Waals surface area contributed by atoms with Crippen molar-refractivity contribution < 1.29 is 4.79 Å². The van der Waals surface area contributed by atoms with Crippen molar-refractivity contribution in [2.24, 2.45) is 5.84 Å². The van der Waals surface area contributed by atoms with E-state index in [0.717, 1.165) is 17.8 Å². The molecule has 0 saturated carbocycles. The molecule has 1 aromatic carbocycles. The van der Waals surface area contributed by atoms with Gasteiger partial charge in [-0.25, -0.2) is 5.43 Å². The molecule has 3 N–H and O–H groups in total. The van der Waals surface area contributed by atoms with E-state index in [0.29, 0.717) is 13.1 Å². The average Bonchev–Trinajstić information content (AvgIpc) is 2.34. The van der Waals surface area contributed by atoms with Crippen LogP contribution in [0.2, 0.25) is 0 Å². The lowest BCUT2D eigenvalue weighted by atomic mass is 10.0. The van der Waals surface area contributed by atoms with Crippen molar-refractivity contribution in [2.75, 3.05) is 30.6 Å². The lowest BCUT2D eigenvalue weighted by molar-refractivity contribution is -0.118. The first-order valence-electron chi connectivity index (χ1n) is 5.67. The highest BCUT2D eigenvalue weighted by atomic mass is 16.2. The number of carbonyl (C=O) groups is 1. The van der Waals surface area contributed by atoms with Gasteiger partial charge in [-0.15, -0.1) is 0 Å². The number of benzene rings is 1. The Morgan fingerprint density at radius 3 is 2.94 bits per heavy atom. The maximum Gasteiger partial charge on any atom is 0.227 e. The van der Waals surface area contributed by atoms with Crippen LogP contribution in [0.25, 0.3) is 0 Å². The molecule has 0 aromatic heterocycles. The molecule has 1 aliphatic heterocycles. The lowest BCUT2D eigenvalue weighted by Crippen LogP contribution is -2.36. The van der Waals surface area contributed by atoms with Gasteiger partial charge in [-0.1, -0.05) is 0 Å². The van der Waals surface area contributed by atoms with E-state index in [1.807, 2.05) is 31.1 Å². The number of amides is 1. The summed E-state index contributed by atoms with van der Waals surface area (Å²) in [6.45, 7) is 0.591. The molecule has 1 amide bonds. The van der Waals surface area contributed by atoms with Crippen LogP contribution in [0.4, 0.5) is 11.4 Å². The molecule has 17 heavy (non-hydrogen) atoms. The van der Waals surface area contributed by atoms with Gasteiger partial charge in [0.25, 0.3) is 0 Å². The minimum atomic E-state index is 0.183. The van der Waals surface area contributed by atoms with E-state index in [9.17, 15) is 4.79 Å². The predicted octanol–water partition coefficient (Wildman–Crippen LogP) is 0.453. The van der Waals surface area contributed by atoms with Gasteiger partial charge < -0.3 is 9.80 Å². The number of nitrogens with one attached hydrogen (secondary N) is 1. The quantitative estimate of drug-likeness (QED) is 0.453. The Bertz CT molecular complexity index is 433. The average molecular weight is 234 g/mol. The molecular formula is C12H18N4O. The molecule has 0 saturated heterocycles. The number of hydrogen-bond acceptors (Lipinski definition) is 4. The Morgan fingerprint density at radius 1 is 1.47 bits per heavy atom. The van der Waals surface area contributed by atoms with E-state index >= 15 is 0 Å². The monoisotopic (exact) mass is 234 g/mol. The van der Waals surface area contributed by atoms with Crippen molar-refractivity contribution in [2.45, 2.75) is 12.8 Å². The van der Waals surface area contributed by atoms with Gasteiger partial charge >= 0.3 is 0 Å². The minimum Gasteiger partial charge on any atom is -0.361 e. The smallest absolute Gasteiger partial charge is 0.227 e. The van der Waals surface area contributed by atoms with Crippen molar-refractivity contribution in [1.29, 1.82) is 0 Å². The fraction of sp³-hybridized carbons (Fsp3) is 0.417. The number of aryl methyl sites for hydroxylation is 1. The Morgan fingerprint density at radius 2 is 2.24 bits per heavy atom. The van der Waals surface area contributed by atoms with Crippen molar-refractivity contribution in [3.8, 4) is 0 Å². The third-order valence-electron chi connectivity index (χ3n) is 3.18. The summed E-state index contributed by atoms with van der Waals surface area (Å²) < 4.78 is 0. The molecule has 1 heterocycles. The number of nitrogens with two attached hydrogens (primary N) is 1. The van der Waals surface area contributed by atoms with E-state index in [4.69, 9.17) is 5.84 Å². The molecule has 0 fully saturated rings. The van der Waals surface area contributed by atoms with E-state index in [1.54, 1.807) is 4.90 Å². The number of rotatable bonds is 3. The third kappa shape index (κ3) is 2.25. The van der Waals surface area contributed by atoms with Crippen LogP contribution in [-0.2, 0) is 11.2 Å². The van der Waals surface area contributed by atoms with Crippen LogP contribution in [0.3, 0.4) is 0 Å². The number of fused-ring (bicyclic) bond motifs is 1. The first-order chi connectivity index (χ1) is 8.13. The predicted molar refractivity (Wildman–Crippen MR) is 68.8 cm³/mol. The zero-order valence-electron chi connectivity index (χ0n) is 10.2. The Balaban J connectivity index is 2.29. The first-order valence-corrected chi connectivity index (χ1v) is 5.67. The highest BCUT2D eigenvalue weighted by Crippen LogP contribution is 2.30. The molecular weight excluding hydrogens is 216 g/mol. The second kappa shape index (κ2) is 4.73. The van der Waals surface area contributed by atoms with Crippen molar-refractivity contribution >= 4 is 17.3 Å². The van der Waals surface area contributed by atoms with Crippen molar-refractivity contribution in [1.82, 2.24) is 5.43 Å². The topological polar surface area (TPSA) is 61.6 Å². The molecule has 2 rings (SSSR count). The molecule has 0 spiro atoms. The number of hydrogen-bond donors (Lipinski definition) is 2. The summed E-state index contributed by atoms with van der Waals surface area (Å²) in [6.07, 6.45) is 1.40. The van der Waals surface area contributed by atoms with Crippen LogP contribution < -0.4 is 21.1 Å². The molecule has 92 valence electrons. The fourth-order valence-electron chi connectivity index (χ4n) is 2.11. The summed E-state index contributed by atoms with van der Waals surface area (Å²) in [4.78, 5) is 15.3. The molecule has 0 unspecified atom stereocenters. The van der Waals surface area contributed by atoms with E-state index < -0.39 is 0 Å². The number of anilines is 2. The largest absolute Gasteiger partial charge is 0.361 e. The van der Waals surface area contributed by atoms with Gasteiger partial charge in [0.05, 0.1) is 6.67 Å². The molecule has 1 aliphatic rings. The van der Waals surface area contributed by atoms with Gasteiger partial charge in [0, 0.05) is 31.9 Å². The molecule has 5 nitrogen and oxygen atoms in total. The van der Waals surface area contributed by atoms with Gasteiger partial charge in [0.1, 0.15) is 0 Å². The van der Waals surface area contributed by atoms with E-state index in [-0.39, 0.29) is 5.91 Å². The Hall–Kier alpha value is -1.59. The summed E-state index contributed by atoms with van der Waals surface area (Å²) in [5.41, 5.74) is 5.95. The van der Waals surface area contributed by atoms with Gasteiger partial charge in [0.15, 0.2) is 0 Å². The zero-order valence-corrected chi connectivity index (χ0v) is 10.2. The Labute approximate surface area is 101 Å². The number of hydrazine groups is 1. The van der Waals surface area contributed by atoms with Crippen LogP contribution in [0.1, 0.15) is 12.0 Å². The summed E-state index contributed by atoms with van der Waals surface area (Å²) in [5, 5.41) is 0. The highest BCUT2D eigenvalue weighted by Gasteiger charge is 2.21. The summed E-state index contributed by atoms with van der Waals surface area (Å²) in [5.74, 6) is 5.48. The Kier molecular flexibility index (Phi) is 3.31. The molecule has 1 aromatic rings. The highest BCUT2D eigenvalue weighted by molar-refractivity contribution is 5.96. The zero-order chi connectivity index (χ0) is 12.4. The first kappa shape index (κ1) is 11.9. The van der Waals surface area contributed by atoms with Crippen LogP contribution in [-0.4, -0.2) is 26.7 Å². The second-order valence-electron chi connectivity index (χ2n) is 4.33. The standard InChI is InChI=1S/C12H18N4O/c1-15(8-14-13)10-4-5-11-9(7-10)3-6-12(17)16(11)2/h4-5,7,14H,3,6,8,13H2,1-2H3. The van der Waals surface area contributed by atoms with E-state index in [1.165, 1.54) is 5.56 Å². The molecule has 0 aliphatic carbocycles. The van der Waals surface area contributed by atoms with Crippen molar-refractivity contribution in [3.05, 3.63) is 23.8 Å². The molecule has 0 bridgehead atoms. The summed E-state index contributed by atoms with van der Waals surface area (Å²) >= 11 is 0. The third-order valence-corrected chi connectivity index (χ3v) is 3.18. The molecule has 5 heteroatoms. The molecule has 0 atom stereocenters. The van der Waals surface area contributed by atoms with Crippen LogP contribution in [0.5, 0.6) is 0 Å². The van der Waals surface area contributed by atoms with Crippen molar-refractivity contribution in [3.63, 3.8) is 0 Å². The fourth-order valence-corrected chi connectivity index (χ4v) is 2.11. The second-order valence-corrected chi connectivity index (χ2v) is 4.33. The SMILES string of the molecule is CN(CNN)c1ccc2c(c1)CCC(=O)N2C.